The molecular weight excluding hydrogens is 252 g/mol. The molecule has 0 aliphatic rings. The van der Waals surface area contributed by atoms with Gasteiger partial charge in [0.2, 0.25) is 0 Å². The van der Waals surface area contributed by atoms with Gasteiger partial charge in [0.25, 0.3) is 5.91 Å². The molecule has 0 saturated carbocycles. The molecule has 1 rings (SSSR count). The topological polar surface area (TPSA) is 29.5 Å². The molecule has 0 bridgehead atoms. The van der Waals surface area contributed by atoms with Crippen LogP contribution >= 0.6 is 0 Å². The second-order valence-electron chi connectivity index (χ2n) is 4.76. The van der Waals surface area contributed by atoms with E-state index in [4.69, 9.17) is 4.74 Å². The van der Waals surface area contributed by atoms with Crippen LogP contribution in [0.3, 0.4) is 0 Å². The van der Waals surface area contributed by atoms with Crippen molar-refractivity contribution in [2.45, 2.75) is 13.8 Å². The summed E-state index contributed by atoms with van der Waals surface area (Å²) >= 11 is 0. The van der Waals surface area contributed by atoms with Gasteiger partial charge in [-0.3, -0.25) is 4.79 Å². The van der Waals surface area contributed by atoms with Crippen molar-refractivity contribution in [3.63, 3.8) is 0 Å². The monoisotopic (exact) mass is 271 g/mol. The van der Waals surface area contributed by atoms with Crippen molar-refractivity contribution in [1.82, 2.24) is 4.90 Å². The van der Waals surface area contributed by atoms with Gasteiger partial charge < -0.3 is 9.64 Å². The number of rotatable bonds is 6. The van der Waals surface area contributed by atoms with Crippen LogP contribution in [0.2, 0.25) is 0 Å². The Morgan fingerprint density at radius 3 is 2.58 bits per heavy atom. The molecular formula is C14H19F2NO2. The summed E-state index contributed by atoms with van der Waals surface area (Å²) in [5.41, 5.74) is -0.113. The quantitative estimate of drug-likeness (QED) is 0.796. The minimum atomic E-state index is -0.837. The lowest BCUT2D eigenvalue weighted by Crippen LogP contribution is -2.37. The van der Waals surface area contributed by atoms with E-state index in [-0.39, 0.29) is 11.5 Å². The molecule has 0 heterocycles. The largest absolute Gasteiger partial charge is 0.383 e. The van der Waals surface area contributed by atoms with Crippen molar-refractivity contribution in [3.05, 3.63) is 35.4 Å². The molecule has 106 valence electrons. The van der Waals surface area contributed by atoms with E-state index in [0.29, 0.717) is 19.7 Å². The summed E-state index contributed by atoms with van der Waals surface area (Å²) < 4.78 is 31.4. The van der Waals surface area contributed by atoms with Crippen molar-refractivity contribution in [2.24, 2.45) is 5.92 Å². The van der Waals surface area contributed by atoms with Gasteiger partial charge >= 0.3 is 0 Å². The maximum atomic E-state index is 13.6. The predicted octanol–water partition coefficient (Wildman–Crippen LogP) is 2.71. The van der Waals surface area contributed by atoms with E-state index in [1.807, 2.05) is 13.8 Å². The number of halogens is 2. The Kier molecular flexibility index (Phi) is 5.89. The van der Waals surface area contributed by atoms with Gasteiger partial charge in [0.05, 0.1) is 12.2 Å². The zero-order valence-corrected chi connectivity index (χ0v) is 11.5. The number of benzene rings is 1. The third kappa shape index (κ3) is 4.59. The SMILES string of the molecule is COCCN(CC(C)C)C(=O)c1ccc(F)cc1F. The highest BCUT2D eigenvalue weighted by Gasteiger charge is 2.20. The summed E-state index contributed by atoms with van der Waals surface area (Å²) in [6.45, 7) is 5.19. The number of amides is 1. The highest BCUT2D eigenvalue weighted by Crippen LogP contribution is 2.13. The van der Waals surface area contributed by atoms with Gasteiger partial charge in [-0.05, 0) is 18.1 Å². The lowest BCUT2D eigenvalue weighted by Gasteiger charge is -2.24. The van der Waals surface area contributed by atoms with Crippen LogP contribution in [0.5, 0.6) is 0 Å². The molecule has 1 aromatic carbocycles. The number of carbonyl (C=O) groups excluding carboxylic acids is 1. The normalized spacial score (nSPS) is 10.8. The lowest BCUT2D eigenvalue weighted by molar-refractivity contribution is 0.0667. The molecule has 1 amide bonds. The van der Waals surface area contributed by atoms with E-state index >= 15 is 0 Å². The molecule has 5 heteroatoms. The van der Waals surface area contributed by atoms with Crippen LogP contribution in [0.1, 0.15) is 24.2 Å². The second-order valence-corrected chi connectivity index (χ2v) is 4.76. The zero-order chi connectivity index (χ0) is 14.4. The highest BCUT2D eigenvalue weighted by molar-refractivity contribution is 5.94. The number of carbonyl (C=O) groups is 1. The fourth-order valence-corrected chi connectivity index (χ4v) is 1.75. The molecule has 0 fully saturated rings. The lowest BCUT2D eigenvalue weighted by atomic mass is 10.1. The summed E-state index contributed by atoms with van der Waals surface area (Å²) in [6, 6.07) is 2.98. The van der Waals surface area contributed by atoms with Crippen molar-refractivity contribution in [3.8, 4) is 0 Å². The molecule has 1 aromatic rings. The number of hydrogen-bond acceptors (Lipinski definition) is 2. The summed E-state index contributed by atoms with van der Waals surface area (Å²) in [5.74, 6) is -1.72. The fraction of sp³-hybridized carbons (Fsp3) is 0.500. The first kappa shape index (κ1) is 15.6. The van der Waals surface area contributed by atoms with E-state index in [2.05, 4.69) is 0 Å². The first-order valence-electron chi connectivity index (χ1n) is 6.19. The fourth-order valence-electron chi connectivity index (χ4n) is 1.75. The average Bonchev–Trinajstić information content (AvgIpc) is 2.33. The molecule has 0 atom stereocenters. The smallest absolute Gasteiger partial charge is 0.256 e. The second kappa shape index (κ2) is 7.19. The minimum absolute atomic E-state index is 0.113. The van der Waals surface area contributed by atoms with Crippen LogP contribution in [0, 0.1) is 17.6 Å². The molecule has 0 radical (unpaired) electrons. The molecule has 0 spiro atoms. The van der Waals surface area contributed by atoms with Gasteiger partial charge in [0.15, 0.2) is 0 Å². The Morgan fingerprint density at radius 2 is 2.05 bits per heavy atom. The molecule has 0 aromatic heterocycles. The van der Waals surface area contributed by atoms with E-state index in [9.17, 15) is 13.6 Å². The average molecular weight is 271 g/mol. The van der Waals surface area contributed by atoms with Crippen molar-refractivity contribution >= 4 is 5.91 Å². The Bertz CT molecular complexity index is 435. The van der Waals surface area contributed by atoms with Crippen LogP contribution in [0.25, 0.3) is 0 Å². The van der Waals surface area contributed by atoms with Crippen molar-refractivity contribution < 1.29 is 18.3 Å². The highest BCUT2D eigenvalue weighted by atomic mass is 19.1. The molecule has 0 aliphatic carbocycles. The van der Waals surface area contributed by atoms with Crippen LogP contribution in [0.4, 0.5) is 8.78 Å². The molecule has 0 unspecified atom stereocenters. The van der Waals surface area contributed by atoms with E-state index in [0.717, 1.165) is 12.1 Å². The van der Waals surface area contributed by atoms with Crippen LogP contribution < -0.4 is 0 Å². The van der Waals surface area contributed by atoms with Gasteiger partial charge in [0.1, 0.15) is 11.6 Å². The molecule has 3 nitrogen and oxygen atoms in total. The first-order chi connectivity index (χ1) is 8.95. The summed E-state index contributed by atoms with van der Waals surface area (Å²) in [6.07, 6.45) is 0. The van der Waals surface area contributed by atoms with Crippen molar-refractivity contribution in [2.75, 3.05) is 26.8 Å². The Balaban J connectivity index is 2.90. The Hall–Kier alpha value is -1.49. The van der Waals surface area contributed by atoms with Crippen LogP contribution in [-0.4, -0.2) is 37.6 Å². The third-order valence-corrected chi connectivity index (χ3v) is 2.60. The number of methoxy groups -OCH3 is 1. The summed E-state index contributed by atoms with van der Waals surface area (Å²) in [7, 11) is 1.54. The molecule has 19 heavy (non-hydrogen) atoms. The Labute approximate surface area is 112 Å². The standard InChI is InChI=1S/C14H19F2NO2/c1-10(2)9-17(6-7-19-3)14(18)12-5-4-11(15)8-13(12)16/h4-5,8,10H,6-7,9H2,1-3H3. The maximum absolute atomic E-state index is 13.6. The predicted molar refractivity (Wildman–Crippen MR) is 69.0 cm³/mol. The minimum Gasteiger partial charge on any atom is -0.383 e. The number of hydrogen-bond donors (Lipinski definition) is 0. The zero-order valence-electron chi connectivity index (χ0n) is 11.5. The van der Waals surface area contributed by atoms with E-state index in [1.54, 1.807) is 0 Å². The first-order valence-corrected chi connectivity index (χ1v) is 6.19. The van der Waals surface area contributed by atoms with Crippen molar-refractivity contribution in [1.29, 1.82) is 0 Å². The maximum Gasteiger partial charge on any atom is 0.256 e. The summed E-state index contributed by atoms with van der Waals surface area (Å²) in [5, 5.41) is 0. The molecule has 0 saturated heterocycles. The van der Waals surface area contributed by atoms with Gasteiger partial charge in [-0.25, -0.2) is 8.78 Å². The summed E-state index contributed by atoms with van der Waals surface area (Å²) in [4.78, 5) is 13.7. The van der Waals surface area contributed by atoms with Gasteiger partial charge in [-0.15, -0.1) is 0 Å². The number of ether oxygens (including phenoxy) is 1. The van der Waals surface area contributed by atoms with Crippen LogP contribution in [0.15, 0.2) is 18.2 Å². The van der Waals surface area contributed by atoms with Gasteiger partial charge in [0, 0.05) is 26.3 Å². The van der Waals surface area contributed by atoms with Gasteiger partial charge in [-0.2, -0.15) is 0 Å². The number of nitrogens with zero attached hydrogens (tertiary/aromatic N) is 1. The molecule has 0 N–H and O–H groups in total. The van der Waals surface area contributed by atoms with Crippen LogP contribution in [-0.2, 0) is 4.74 Å². The van der Waals surface area contributed by atoms with E-state index in [1.165, 1.54) is 18.1 Å². The Morgan fingerprint density at radius 1 is 1.37 bits per heavy atom. The van der Waals surface area contributed by atoms with E-state index < -0.39 is 17.5 Å². The molecule has 0 aliphatic heterocycles. The van der Waals surface area contributed by atoms with Gasteiger partial charge in [-0.1, -0.05) is 13.8 Å². The third-order valence-electron chi connectivity index (χ3n) is 2.60.